The Kier molecular flexibility index (Phi) is 9.37. The van der Waals surface area contributed by atoms with Gasteiger partial charge in [-0.3, -0.25) is 19.2 Å². The van der Waals surface area contributed by atoms with Crippen LogP contribution in [-0.2, 0) is 28.3 Å². The number of hydrogen-bond donors (Lipinski definition) is 2. The molecule has 254 valence electrons. The minimum absolute atomic E-state index is 0.0646. The molecule has 0 aliphatic carbocycles. The lowest BCUT2D eigenvalue weighted by atomic mass is 9.83. The maximum atomic E-state index is 14.2. The van der Waals surface area contributed by atoms with Gasteiger partial charge in [0.2, 0.25) is 0 Å². The number of carbonyl (C=O) groups is 2. The molecule has 5 aromatic rings. The zero-order valence-electron chi connectivity index (χ0n) is 27.4. The standard InChI is InChI=1S/C39H36BrN5O5/c1-26(10-7-8-19-43-23-33(41-42-43)31(24-46)28-12-3-2-4-13-28)39(49)32-21-29(40)17-18-34(32)44(38(39)48)22-27-11-9-14-30(20-27)45-35-15-5-6-16-36(35)50-25-37(45)47/h2-7,9-18,20-21,23,26,31,46,49H,8,19,22,24-25H2,1H3/b10-7+/t26-,31?,39+/m1/s1. The highest BCUT2D eigenvalue weighted by Gasteiger charge is 2.52. The number of hydrogen-bond acceptors (Lipinski definition) is 7. The normalized spacial score (nSPS) is 18.2. The summed E-state index contributed by atoms with van der Waals surface area (Å²) in [5.74, 6) is -0.785. The second-order valence-electron chi connectivity index (χ2n) is 12.5. The Morgan fingerprint density at radius 1 is 0.980 bits per heavy atom. The van der Waals surface area contributed by atoms with Crippen molar-refractivity contribution in [2.45, 2.75) is 38.0 Å². The third kappa shape index (κ3) is 6.24. The SMILES string of the molecule is C[C@H](/C=C/CCn1cc(C(CO)c2ccccc2)nn1)[C@@]1(O)C(=O)N(Cc2cccc(N3C(=O)COc4ccccc43)c2)c2ccc(Br)cc21. The summed E-state index contributed by atoms with van der Waals surface area (Å²) in [7, 11) is 0. The number of para-hydroxylation sites is 2. The molecule has 2 aliphatic heterocycles. The number of ether oxygens (including phenoxy) is 1. The summed E-state index contributed by atoms with van der Waals surface area (Å²) < 4.78 is 8.11. The monoisotopic (exact) mass is 733 g/mol. The fourth-order valence-corrected chi connectivity index (χ4v) is 7.08. The molecule has 0 saturated carbocycles. The van der Waals surface area contributed by atoms with Crippen LogP contribution in [-0.4, -0.2) is 50.2 Å². The quantitative estimate of drug-likeness (QED) is 0.154. The predicted octanol–water partition coefficient (Wildman–Crippen LogP) is 6.24. The van der Waals surface area contributed by atoms with Crippen LogP contribution in [0, 0.1) is 5.92 Å². The molecule has 0 radical (unpaired) electrons. The van der Waals surface area contributed by atoms with Crippen molar-refractivity contribution in [1.29, 1.82) is 0 Å². The van der Waals surface area contributed by atoms with Crippen molar-refractivity contribution in [2.24, 2.45) is 5.92 Å². The number of rotatable bonds is 11. The van der Waals surface area contributed by atoms with Gasteiger partial charge in [0.1, 0.15) is 5.75 Å². The Morgan fingerprint density at radius 2 is 1.78 bits per heavy atom. The zero-order chi connectivity index (χ0) is 34.8. The minimum Gasteiger partial charge on any atom is -0.482 e. The first kappa shape index (κ1) is 33.4. The van der Waals surface area contributed by atoms with E-state index >= 15 is 0 Å². The number of fused-ring (bicyclic) bond motifs is 2. The van der Waals surface area contributed by atoms with Crippen molar-refractivity contribution in [3.05, 3.63) is 142 Å². The van der Waals surface area contributed by atoms with Crippen LogP contribution < -0.4 is 14.5 Å². The van der Waals surface area contributed by atoms with Crippen molar-refractivity contribution < 1.29 is 24.5 Å². The second kappa shape index (κ2) is 14.0. The molecule has 2 aliphatic rings. The van der Waals surface area contributed by atoms with E-state index in [9.17, 15) is 19.8 Å². The van der Waals surface area contributed by atoms with E-state index in [1.54, 1.807) is 20.5 Å². The van der Waals surface area contributed by atoms with Gasteiger partial charge in [0.15, 0.2) is 12.2 Å². The van der Waals surface area contributed by atoms with Crippen molar-refractivity contribution in [1.82, 2.24) is 15.0 Å². The number of aliphatic hydroxyl groups is 2. The average Bonchev–Trinajstić information content (AvgIpc) is 3.68. The molecule has 10 nitrogen and oxygen atoms in total. The van der Waals surface area contributed by atoms with Crippen LogP contribution in [0.25, 0.3) is 0 Å². The minimum atomic E-state index is -1.79. The first-order valence-corrected chi connectivity index (χ1v) is 17.3. The molecule has 7 rings (SSSR count). The summed E-state index contributed by atoms with van der Waals surface area (Å²) in [5.41, 5.74) is 3.16. The summed E-state index contributed by atoms with van der Waals surface area (Å²) in [4.78, 5) is 30.4. The van der Waals surface area contributed by atoms with Gasteiger partial charge < -0.3 is 19.8 Å². The lowest BCUT2D eigenvalue weighted by Gasteiger charge is -2.30. The van der Waals surface area contributed by atoms with E-state index in [2.05, 4.69) is 26.2 Å². The van der Waals surface area contributed by atoms with E-state index in [-0.39, 0.29) is 31.6 Å². The molecular weight excluding hydrogens is 698 g/mol. The second-order valence-corrected chi connectivity index (χ2v) is 13.4. The molecule has 0 fully saturated rings. The summed E-state index contributed by atoms with van der Waals surface area (Å²) >= 11 is 3.53. The summed E-state index contributed by atoms with van der Waals surface area (Å²) in [6.45, 7) is 2.44. The number of aromatic nitrogens is 3. The fraction of sp³-hybridized carbons (Fsp3) is 0.231. The summed E-state index contributed by atoms with van der Waals surface area (Å²) in [5, 5.41) is 30.7. The lowest BCUT2D eigenvalue weighted by Crippen LogP contribution is -2.44. The molecule has 11 heteroatoms. The number of aryl methyl sites for hydroxylation is 1. The summed E-state index contributed by atoms with van der Waals surface area (Å²) in [6.07, 6.45) is 6.25. The van der Waals surface area contributed by atoms with Crippen LogP contribution in [0.2, 0.25) is 0 Å². The van der Waals surface area contributed by atoms with E-state index in [0.717, 1.165) is 15.6 Å². The largest absolute Gasteiger partial charge is 0.482 e. The third-order valence-corrected chi connectivity index (χ3v) is 9.85. The highest BCUT2D eigenvalue weighted by atomic mass is 79.9. The molecule has 1 aromatic heterocycles. The molecule has 2 amide bonds. The first-order chi connectivity index (χ1) is 24.3. The molecule has 0 spiro atoms. The van der Waals surface area contributed by atoms with E-state index in [1.165, 1.54) is 0 Å². The van der Waals surface area contributed by atoms with Crippen LogP contribution in [0.4, 0.5) is 17.1 Å². The van der Waals surface area contributed by atoms with Gasteiger partial charge in [-0.05, 0) is 60.0 Å². The first-order valence-electron chi connectivity index (χ1n) is 16.5. The van der Waals surface area contributed by atoms with Gasteiger partial charge in [0.25, 0.3) is 11.8 Å². The molecule has 0 saturated heterocycles. The number of benzene rings is 4. The summed E-state index contributed by atoms with van der Waals surface area (Å²) in [6, 6.07) is 30.1. The highest BCUT2D eigenvalue weighted by molar-refractivity contribution is 9.10. The Balaban J connectivity index is 1.07. The van der Waals surface area contributed by atoms with Crippen LogP contribution in [0.3, 0.4) is 0 Å². The van der Waals surface area contributed by atoms with Crippen LogP contribution in [0.5, 0.6) is 5.75 Å². The number of nitrogens with zero attached hydrogens (tertiary/aromatic N) is 5. The number of aliphatic hydroxyl groups excluding tert-OH is 1. The highest BCUT2D eigenvalue weighted by Crippen LogP contribution is 2.47. The number of halogens is 1. The van der Waals surface area contributed by atoms with Crippen molar-refractivity contribution in [2.75, 3.05) is 23.0 Å². The maximum Gasteiger partial charge on any atom is 0.269 e. The molecule has 1 unspecified atom stereocenters. The average molecular weight is 735 g/mol. The van der Waals surface area contributed by atoms with E-state index in [0.29, 0.717) is 47.0 Å². The van der Waals surface area contributed by atoms with Crippen molar-refractivity contribution >= 4 is 44.8 Å². The van der Waals surface area contributed by atoms with E-state index in [4.69, 9.17) is 4.74 Å². The lowest BCUT2D eigenvalue weighted by molar-refractivity contribution is -0.139. The molecule has 2 N–H and O–H groups in total. The van der Waals surface area contributed by atoms with Crippen molar-refractivity contribution in [3.8, 4) is 5.75 Å². The van der Waals surface area contributed by atoms with Crippen LogP contribution in [0.1, 0.15) is 41.6 Å². The van der Waals surface area contributed by atoms with Gasteiger partial charge in [-0.25, -0.2) is 0 Å². The number of allylic oxidation sites excluding steroid dienone is 1. The molecule has 50 heavy (non-hydrogen) atoms. The van der Waals surface area contributed by atoms with Crippen molar-refractivity contribution in [3.63, 3.8) is 0 Å². The Bertz CT molecular complexity index is 2070. The number of amides is 2. The van der Waals surface area contributed by atoms with Gasteiger partial charge in [-0.15, -0.1) is 5.10 Å². The Hall–Kier alpha value is -5.10. The van der Waals surface area contributed by atoms with Gasteiger partial charge >= 0.3 is 0 Å². The fourth-order valence-electron chi connectivity index (χ4n) is 6.72. The topological polar surface area (TPSA) is 121 Å². The molecule has 3 atom stereocenters. The van der Waals surface area contributed by atoms with Gasteiger partial charge in [-0.2, -0.15) is 0 Å². The number of anilines is 3. The molecule has 4 aromatic carbocycles. The third-order valence-electron chi connectivity index (χ3n) is 9.35. The Morgan fingerprint density at radius 3 is 2.60 bits per heavy atom. The zero-order valence-corrected chi connectivity index (χ0v) is 29.0. The maximum absolute atomic E-state index is 14.2. The van der Waals surface area contributed by atoms with E-state index < -0.39 is 17.4 Å². The predicted molar refractivity (Wildman–Crippen MR) is 193 cm³/mol. The van der Waals surface area contributed by atoms with Crippen LogP contribution >= 0.6 is 15.9 Å². The number of carbonyl (C=O) groups excluding carboxylic acids is 2. The smallest absolute Gasteiger partial charge is 0.269 e. The molecule has 0 bridgehead atoms. The molecular formula is C39H36BrN5O5. The Labute approximate surface area is 298 Å². The van der Waals surface area contributed by atoms with Gasteiger partial charge in [-0.1, -0.05) is 94.8 Å². The van der Waals surface area contributed by atoms with E-state index in [1.807, 2.05) is 116 Å². The molecule has 3 heterocycles. The van der Waals surface area contributed by atoms with Crippen LogP contribution in [0.15, 0.2) is 120 Å². The van der Waals surface area contributed by atoms with Gasteiger partial charge in [0.05, 0.1) is 36.1 Å². The van der Waals surface area contributed by atoms with Gasteiger partial charge in [0, 0.05) is 34.4 Å².